The second-order valence-corrected chi connectivity index (χ2v) is 17.2. The molecule has 0 aromatic carbocycles. The lowest BCUT2D eigenvalue weighted by atomic mass is 10.0. The Kier molecular flexibility index (Phi) is 30.0. The molecule has 0 radical (unpaired) electrons. The molecule has 1 heterocycles. The number of phosphoric acid groups is 1. The zero-order chi connectivity index (χ0) is 39.8. The lowest BCUT2D eigenvalue weighted by molar-refractivity contribution is -0.870. The number of epoxide rings is 1. The summed E-state index contributed by atoms with van der Waals surface area (Å²) >= 11 is 0. The molecule has 0 spiro atoms. The maximum absolute atomic E-state index is 12.7. The van der Waals surface area contributed by atoms with Crippen LogP contribution in [0.15, 0.2) is 36.5 Å². The van der Waals surface area contributed by atoms with E-state index in [1.165, 1.54) is 83.5 Å². The third kappa shape index (κ3) is 32.4. The molecule has 1 aliphatic heterocycles. The summed E-state index contributed by atoms with van der Waals surface area (Å²) in [5, 5.41) is 0. The first kappa shape index (κ1) is 50.2. The number of hydrogen-bond acceptors (Lipinski definition) is 8. The maximum Gasteiger partial charge on any atom is 0.472 e. The predicted molar refractivity (Wildman–Crippen MR) is 219 cm³/mol. The molecule has 1 saturated heterocycles. The first-order chi connectivity index (χ1) is 26.0. The second-order valence-electron chi connectivity index (χ2n) is 15.8. The van der Waals surface area contributed by atoms with E-state index in [2.05, 4.69) is 50.3 Å². The minimum atomic E-state index is -4.39. The van der Waals surface area contributed by atoms with Crippen LogP contribution in [-0.2, 0) is 37.4 Å². The van der Waals surface area contributed by atoms with Crippen molar-refractivity contribution in [3.63, 3.8) is 0 Å². The Morgan fingerprint density at radius 3 is 1.87 bits per heavy atom. The number of likely N-dealkylation sites (N-methyl/N-ethyl adjacent to an activating group) is 1. The van der Waals surface area contributed by atoms with Gasteiger partial charge in [0.2, 0.25) is 0 Å². The van der Waals surface area contributed by atoms with Gasteiger partial charge in [-0.3, -0.25) is 18.6 Å². The fraction of sp³-hybridized carbons (Fsp3) is 0.814. The first-order valence-electron chi connectivity index (χ1n) is 21.3. The van der Waals surface area contributed by atoms with Gasteiger partial charge in [-0.2, -0.15) is 0 Å². The summed E-state index contributed by atoms with van der Waals surface area (Å²) in [5.74, 6) is -0.874. The van der Waals surface area contributed by atoms with Gasteiger partial charge in [0.25, 0.3) is 0 Å². The number of phosphoric ester groups is 1. The van der Waals surface area contributed by atoms with Crippen LogP contribution in [0.25, 0.3) is 0 Å². The molecule has 4 atom stereocenters. The van der Waals surface area contributed by atoms with E-state index in [9.17, 15) is 19.0 Å². The number of unbranched alkanes of at least 4 members (excludes halogenated alkanes) is 14. The molecule has 0 bridgehead atoms. The molecule has 0 amide bonds. The zero-order valence-electron chi connectivity index (χ0n) is 34.9. The summed E-state index contributed by atoms with van der Waals surface area (Å²) in [4.78, 5) is 35.4. The van der Waals surface area contributed by atoms with Crippen molar-refractivity contribution in [3.8, 4) is 0 Å². The summed E-state index contributed by atoms with van der Waals surface area (Å²) in [6.45, 7) is 4.29. The molecule has 1 aliphatic rings. The van der Waals surface area contributed by atoms with E-state index < -0.39 is 26.5 Å². The highest BCUT2D eigenvalue weighted by molar-refractivity contribution is 7.47. The van der Waals surface area contributed by atoms with E-state index in [-0.39, 0.29) is 44.2 Å². The first-order valence-corrected chi connectivity index (χ1v) is 22.8. The normalized spacial score (nSPS) is 17.7. The second kappa shape index (κ2) is 32.3. The highest BCUT2D eigenvalue weighted by Crippen LogP contribution is 2.43. The maximum atomic E-state index is 12.7. The van der Waals surface area contributed by atoms with Gasteiger partial charge in [0, 0.05) is 12.8 Å². The van der Waals surface area contributed by atoms with Crippen LogP contribution in [0.3, 0.4) is 0 Å². The number of allylic oxidation sites excluding steroid dienone is 5. The summed E-state index contributed by atoms with van der Waals surface area (Å²) in [5.41, 5.74) is 0. The summed E-state index contributed by atoms with van der Waals surface area (Å²) < 4.78 is 40.0. The van der Waals surface area contributed by atoms with Gasteiger partial charge in [0.05, 0.1) is 40.0 Å². The fourth-order valence-corrected chi connectivity index (χ4v) is 6.61. The zero-order valence-corrected chi connectivity index (χ0v) is 35.8. The lowest BCUT2D eigenvalue weighted by Gasteiger charge is -2.24. The Bertz CT molecular complexity index is 1090. The number of esters is 2. The van der Waals surface area contributed by atoms with Crippen LogP contribution in [0.4, 0.5) is 0 Å². The Labute approximate surface area is 329 Å². The van der Waals surface area contributed by atoms with Crippen LogP contribution >= 0.6 is 7.82 Å². The SMILES string of the molecule is CCCCC/C=C\C/C=C\C/C=C\CC1OC1CCCC(=O)O[C@H](COC(=O)CCCCCCCCCCCCCC)COP(=O)(O)OCC[N+](C)(C)C. The van der Waals surface area contributed by atoms with Gasteiger partial charge < -0.3 is 23.6 Å². The van der Waals surface area contributed by atoms with Crippen LogP contribution < -0.4 is 0 Å². The molecule has 1 N–H and O–H groups in total. The van der Waals surface area contributed by atoms with Crippen molar-refractivity contribution < 1.29 is 46.8 Å². The van der Waals surface area contributed by atoms with Crippen molar-refractivity contribution in [1.29, 1.82) is 0 Å². The molecule has 0 aliphatic carbocycles. The molecule has 314 valence electrons. The van der Waals surface area contributed by atoms with Crippen LogP contribution in [0.5, 0.6) is 0 Å². The predicted octanol–water partition coefficient (Wildman–Crippen LogP) is 10.7. The van der Waals surface area contributed by atoms with Crippen molar-refractivity contribution in [2.24, 2.45) is 0 Å². The van der Waals surface area contributed by atoms with E-state index in [0.29, 0.717) is 17.4 Å². The van der Waals surface area contributed by atoms with Crippen LogP contribution in [0.2, 0.25) is 0 Å². The van der Waals surface area contributed by atoms with E-state index in [1.54, 1.807) is 0 Å². The van der Waals surface area contributed by atoms with Crippen molar-refractivity contribution in [2.45, 2.75) is 180 Å². The van der Waals surface area contributed by atoms with E-state index in [0.717, 1.165) is 44.9 Å². The summed E-state index contributed by atoms with van der Waals surface area (Å²) in [6.07, 6.45) is 36.4. The summed E-state index contributed by atoms with van der Waals surface area (Å²) in [6, 6.07) is 0. The number of rotatable bonds is 37. The molecule has 0 saturated carbocycles. The molecule has 54 heavy (non-hydrogen) atoms. The number of hydrogen-bond donors (Lipinski definition) is 1. The molecule has 1 fully saturated rings. The van der Waals surface area contributed by atoms with Crippen molar-refractivity contribution in [3.05, 3.63) is 36.5 Å². The smallest absolute Gasteiger partial charge is 0.462 e. The van der Waals surface area contributed by atoms with Gasteiger partial charge in [-0.15, -0.1) is 0 Å². The van der Waals surface area contributed by atoms with E-state index in [1.807, 2.05) is 21.1 Å². The van der Waals surface area contributed by atoms with Gasteiger partial charge in [-0.25, -0.2) is 4.57 Å². The molecular formula is C43H79NO9P+. The monoisotopic (exact) mass is 785 g/mol. The lowest BCUT2D eigenvalue weighted by Crippen LogP contribution is -2.37. The minimum absolute atomic E-state index is 0.0178. The number of carbonyl (C=O) groups excluding carboxylic acids is 2. The Morgan fingerprint density at radius 2 is 1.24 bits per heavy atom. The fourth-order valence-electron chi connectivity index (χ4n) is 5.86. The third-order valence-electron chi connectivity index (χ3n) is 9.35. The molecule has 3 unspecified atom stereocenters. The molecule has 10 nitrogen and oxygen atoms in total. The van der Waals surface area contributed by atoms with Gasteiger partial charge in [-0.1, -0.05) is 134 Å². The minimum Gasteiger partial charge on any atom is -0.462 e. The Hall–Kier alpha value is -1.81. The van der Waals surface area contributed by atoms with Gasteiger partial charge in [0.1, 0.15) is 19.8 Å². The largest absolute Gasteiger partial charge is 0.472 e. The van der Waals surface area contributed by atoms with E-state index >= 15 is 0 Å². The van der Waals surface area contributed by atoms with Gasteiger partial charge in [0.15, 0.2) is 6.10 Å². The van der Waals surface area contributed by atoms with Crippen LogP contribution in [0, 0.1) is 0 Å². The van der Waals surface area contributed by atoms with E-state index in [4.69, 9.17) is 23.3 Å². The molecular weight excluding hydrogens is 705 g/mol. The Balaban J connectivity index is 2.36. The standard InChI is InChI=1S/C43H78NO9P/c1-6-8-10-12-14-16-18-20-22-24-26-28-31-40-41(53-40)32-30-34-43(46)52-39(38-51-54(47,48)50-36-35-44(3,4)5)37-49-42(45)33-29-27-25-23-21-19-17-15-13-11-9-7-2/h14,16,20,22,26,28,39-41H,6-13,15,17-19,21,23-25,27,29-38H2,1-5H3/p+1/b16-14-,22-20-,28-26-/t39-,40?,41?/m1/s1. The van der Waals surface area contributed by atoms with Gasteiger partial charge in [-0.05, 0) is 51.4 Å². The van der Waals surface area contributed by atoms with Crippen LogP contribution in [-0.4, -0.2) is 87.1 Å². The number of carbonyl (C=O) groups is 2. The van der Waals surface area contributed by atoms with Crippen molar-refractivity contribution in [2.75, 3.05) is 47.5 Å². The number of nitrogens with zero attached hydrogens (tertiary/aromatic N) is 1. The number of quaternary nitrogens is 1. The third-order valence-corrected chi connectivity index (χ3v) is 10.3. The van der Waals surface area contributed by atoms with Gasteiger partial charge >= 0.3 is 19.8 Å². The molecule has 1 rings (SSSR count). The average Bonchev–Trinajstić information content (AvgIpc) is 3.87. The quantitative estimate of drug-likeness (QED) is 0.0164. The average molecular weight is 785 g/mol. The van der Waals surface area contributed by atoms with Crippen molar-refractivity contribution >= 4 is 19.8 Å². The highest BCUT2D eigenvalue weighted by Gasteiger charge is 2.37. The number of ether oxygens (including phenoxy) is 3. The highest BCUT2D eigenvalue weighted by atomic mass is 31.2. The topological polar surface area (TPSA) is 121 Å². The molecule has 0 aromatic rings. The molecule has 11 heteroatoms. The molecule has 0 aromatic heterocycles. The summed E-state index contributed by atoms with van der Waals surface area (Å²) in [7, 11) is 1.43. The van der Waals surface area contributed by atoms with Crippen molar-refractivity contribution in [1.82, 2.24) is 0 Å². The van der Waals surface area contributed by atoms with Crippen LogP contribution in [0.1, 0.15) is 162 Å². The Morgan fingerprint density at radius 1 is 0.685 bits per heavy atom.